The number of sulfone groups is 1. The Morgan fingerprint density at radius 1 is 1.15 bits per heavy atom. The van der Waals surface area contributed by atoms with E-state index in [0.29, 0.717) is 32.5 Å². The molecule has 0 aliphatic carbocycles. The van der Waals surface area contributed by atoms with E-state index in [9.17, 15) is 13.2 Å². The van der Waals surface area contributed by atoms with Gasteiger partial charge in [0, 0.05) is 19.3 Å². The first-order chi connectivity index (χ1) is 12.4. The summed E-state index contributed by atoms with van der Waals surface area (Å²) in [5.41, 5.74) is 2.26. The normalized spacial score (nSPS) is 20.8. The molecular weight excluding hydrogens is 350 g/mol. The first-order valence-corrected chi connectivity index (χ1v) is 11.3. The van der Waals surface area contributed by atoms with Crippen molar-refractivity contribution in [1.82, 2.24) is 15.5 Å². The van der Waals surface area contributed by atoms with Crippen LogP contribution in [0.25, 0.3) is 0 Å². The van der Waals surface area contributed by atoms with Crippen LogP contribution in [0.1, 0.15) is 36.8 Å². The summed E-state index contributed by atoms with van der Waals surface area (Å²) in [6, 6.07) is 8.09. The standard InChI is InChI=1S/C19H29N3O3S/c1-26(24,25)19(8-10-20-11-9-19)18(23)21-14-16-6-2-3-7-17(16)15-22-12-4-5-13-22/h2-3,6-7,20H,4-5,8-15H2,1H3,(H,21,23). The lowest BCUT2D eigenvalue weighted by atomic mass is 9.95. The molecule has 0 aromatic heterocycles. The van der Waals surface area contributed by atoms with Gasteiger partial charge in [-0.25, -0.2) is 8.42 Å². The molecule has 3 rings (SSSR count). The predicted octanol–water partition coefficient (Wildman–Crippen LogP) is 1.07. The van der Waals surface area contributed by atoms with Crippen LogP contribution < -0.4 is 10.6 Å². The number of carbonyl (C=O) groups excluding carboxylic acids is 1. The van der Waals surface area contributed by atoms with Gasteiger partial charge in [-0.3, -0.25) is 9.69 Å². The van der Waals surface area contributed by atoms with Crippen molar-refractivity contribution in [1.29, 1.82) is 0 Å². The zero-order valence-electron chi connectivity index (χ0n) is 15.5. The van der Waals surface area contributed by atoms with Crippen molar-refractivity contribution < 1.29 is 13.2 Å². The zero-order chi connectivity index (χ0) is 18.6. The van der Waals surface area contributed by atoms with Gasteiger partial charge in [0.25, 0.3) is 0 Å². The van der Waals surface area contributed by atoms with Crippen LogP contribution in [0.15, 0.2) is 24.3 Å². The van der Waals surface area contributed by atoms with E-state index in [0.717, 1.165) is 25.2 Å². The van der Waals surface area contributed by atoms with E-state index in [2.05, 4.69) is 21.6 Å². The van der Waals surface area contributed by atoms with Crippen LogP contribution in [-0.4, -0.2) is 56.4 Å². The number of amides is 1. The molecule has 2 aliphatic rings. The molecule has 26 heavy (non-hydrogen) atoms. The summed E-state index contributed by atoms with van der Waals surface area (Å²) in [7, 11) is -3.48. The zero-order valence-corrected chi connectivity index (χ0v) is 16.3. The molecule has 2 heterocycles. The number of nitrogens with one attached hydrogen (secondary N) is 2. The Hall–Kier alpha value is -1.44. The fraction of sp³-hybridized carbons (Fsp3) is 0.632. The van der Waals surface area contributed by atoms with E-state index in [1.807, 2.05) is 18.2 Å². The molecule has 144 valence electrons. The van der Waals surface area contributed by atoms with Crippen LogP contribution in [0.2, 0.25) is 0 Å². The number of hydrogen-bond donors (Lipinski definition) is 2. The van der Waals surface area contributed by atoms with Gasteiger partial charge in [-0.2, -0.15) is 0 Å². The molecule has 2 aliphatic heterocycles. The lowest BCUT2D eigenvalue weighted by molar-refractivity contribution is -0.124. The van der Waals surface area contributed by atoms with Crippen LogP contribution >= 0.6 is 0 Å². The Morgan fingerprint density at radius 3 is 2.38 bits per heavy atom. The summed E-state index contributed by atoms with van der Waals surface area (Å²) in [6.07, 6.45) is 4.31. The van der Waals surface area contributed by atoms with Crippen molar-refractivity contribution in [3.63, 3.8) is 0 Å². The number of carbonyl (C=O) groups is 1. The topological polar surface area (TPSA) is 78.5 Å². The molecule has 0 radical (unpaired) electrons. The van der Waals surface area contributed by atoms with Crippen molar-refractivity contribution in [2.24, 2.45) is 0 Å². The number of benzene rings is 1. The van der Waals surface area contributed by atoms with Gasteiger partial charge in [0.15, 0.2) is 14.6 Å². The highest BCUT2D eigenvalue weighted by atomic mass is 32.2. The molecule has 1 aromatic rings. The Bertz CT molecular complexity index is 736. The van der Waals surface area contributed by atoms with E-state index in [4.69, 9.17) is 0 Å². The van der Waals surface area contributed by atoms with Gasteiger partial charge in [0.2, 0.25) is 5.91 Å². The first kappa shape index (κ1) is 19.3. The van der Waals surface area contributed by atoms with Gasteiger partial charge in [0.1, 0.15) is 0 Å². The highest BCUT2D eigenvalue weighted by Crippen LogP contribution is 2.28. The molecular formula is C19H29N3O3S. The van der Waals surface area contributed by atoms with Gasteiger partial charge in [-0.05, 0) is 63.0 Å². The molecule has 0 bridgehead atoms. The third-order valence-corrected chi connectivity index (χ3v) is 7.70. The van der Waals surface area contributed by atoms with Crippen LogP contribution in [0.4, 0.5) is 0 Å². The van der Waals surface area contributed by atoms with Gasteiger partial charge < -0.3 is 10.6 Å². The van der Waals surface area contributed by atoms with Crippen molar-refractivity contribution in [2.45, 2.75) is 43.5 Å². The fourth-order valence-electron chi connectivity index (χ4n) is 4.00. The van der Waals surface area contributed by atoms with Crippen molar-refractivity contribution in [2.75, 3.05) is 32.4 Å². The second-order valence-corrected chi connectivity index (χ2v) is 9.78. The fourth-order valence-corrected chi connectivity index (χ4v) is 5.35. The number of hydrogen-bond acceptors (Lipinski definition) is 5. The van der Waals surface area contributed by atoms with Crippen LogP contribution in [-0.2, 0) is 27.7 Å². The average Bonchev–Trinajstić information content (AvgIpc) is 3.13. The molecule has 0 atom stereocenters. The minimum atomic E-state index is -3.48. The number of nitrogens with zero attached hydrogens (tertiary/aromatic N) is 1. The maximum Gasteiger partial charge on any atom is 0.241 e. The van der Waals surface area contributed by atoms with Crippen LogP contribution in [0.3, 0.4) is 0 Å². The van der Waals surface area contributed by atoms with Crippen molar-refractivity contribution >= 4 is 15.7 Å². The predicted molar refractivity (Wildman–Crippen MR) is 102 cm³/mol. The maximum atomic E-state index is 12.9. The SMILES string of the molecule is CS(=O)(=O)C1(C(=O)NCc2ccccc2CN2CCCC2)CCNCC1. The summed E-state index contributed by atoms with van der Waals surface area (Å²) in [4.78, 5) is 15.3. The van der Waals surface area contributed by atoms with E-state index in [1.54, 1.807) is 0 Å². The molecule has 1 amide bonds. The molecule has 2 N–H and O–H groups in total. The average molecular weight is 380 g/mol. The van der Waals surface area contributed by atoms with Gasteiger partial charge in [-0.15, -0.1) is 0 Å². The van der Waals surface area contributed by atoms with E-state index in [1.165, 1.54) is 24.7 Å². The van der Waals surface area contributed by atoms with Gasteiger partial charge in [0.05, 0.1) is 0 Å². The molecule has 6 nitrogen and oxygen atoms in total. The number of likely N-dealkylation sites (tertiary alicyclic amines) is 1. The molecule has 0 unspecified atom stereocenters. The lowest BCUT2D eigenvalue weighted by Crippen LogP contribution is -2.57. The van der Waals surface area contributed by atoms with Crippen molar-refractivity contribution in [3.05, 3.63) is 35.4 Å². The molecule has 1 aromatic carbocycles. The second kappa shape index (κ2) is 8.06. The third kappa shape index (κ3) is 4.10. The number of piperidine rings is 1. The molecule has 7 heteroatoms. The Balaban J connectivity index is 1.70. The van der Waals surface area contributed by atoms with Gasteiger partial charge >= 0.3 is 0 Å². The third-order valence-electron chi connectivity index (χ3n) is 5.69. The lowest BCUT2D eigenvalue weighted by Gasteiger charge is -2.34. The molecule has 0 saturated carbocycles. The highest BCUT2D eigenvalue weighted by Gasteiger charge is 2.48. The molecule has 2 fully saturated rings. The monoisotopic (exact) mass is 379 g/mol. The smallest absolute Gasteiger partial charge is 0.241 e. The maximum absolute atomic E-state index is 12.9. The van der Waals surface area contributed by atoms with E-state index < -0.39 is 14.6 Å². The van der Waals surface area contributed by atoms with Crippen LogP contribution in [0.5, 0.6) is 0 Å². The summed E-state index contributed by atoms with van der Waals surface area (Å²) in [5.74, 6) is -0.363. The summed E-state index contributed by atoms with van der Waals surface area (Å²) in [6.45, 7) is 4.58. The minimum absolute atomic E-state index is 0.326. The summed E-state index contributed by atoms with van der Waals surface area (Å²) < 4.78 is 23.4. The quantitative estimate of drug-likeness (QED) is 0.773. The molecule has 0 spiro atoms. The Morgan fingerprint density at radius 2 is 1.77 bits per heavy atom. The first-order valence-electron chi connectivity index (χ1n) is 9.40. The number of rotatable bonds is 6. The minimum Gasteiger partial charge on any atom is -0.351 e. The molecule has 2 saturated heterocycles. The van der Waals surface area contributed by atoms with Gasteiger partial charge in [-0.1, -0.05) is 24.3 Å². The second-order valence-electron chi connectivity index (χ2n) is 7.45. The summed E-state index contributed by atoms with van der Waals surface area (Å²) in [5, 5.41) is 6.06. The van der Waals surface area contributed by atoms with E-state index >= 15 is 0 Å². The Labute approximate surface area is 156 Å². The van der Waals surface area contributed by atoms with E-state index in [-0.39, 0.29) is 5.91 Å². The van der Waals surface area contributed by atoms with Crippen molar-refractivity contribution in [3.8, 4) is 0 Å². The highest BCUT2D eigenvalue weighted by molar-refractivity contribution is 7.92. The summed E-state index contributed by atoms with van der Waals surface area (Å²) >= 11 is 0. The van der Waals surface area contributed by atoms with Crippen LogP contribution in [0, 0.1) is 0 Å². The largest absolute Gasteiger partial charge is 0.351 e. The Kier molecular flexibility index (Phi) is 5.99.